The molecule has 1 atom stereocenters. The highest BCUT2D eigenvalue weighted by molar-refractivity contribution is 7.24. The maximum absolute atomic E-state index is 8.70. The minimum atomic E-state index is -2.67. The molecule has 0 fully saturated rings. The van der Waals surface area contributed by atoms with Crippen LogP contribution in [0.5, 0.6) is 11.5 Å². The topological polar surface area (TPSA) is 39.4 Å². The molecule has 5 aromatic carbocycles. The number of aromatic nitrogens is 3. The van der Waals surface area contributed by atoms with Gasteiger partial charge in [0.15, 0.2) is 4.96 Å². The second kappa shape index (κ2) is 10.4. The normalized spacial score (nSPS) is 19.1. The molecule has 3 aromatic heterocycles. The Labute approximate surface area is 297 Å². The number of pyridine rings is 1. The first-order chi connectivity index (χ1) is 26.9. The average Bonchev–Trinajstić information content (AvgIpc) is 3.69. The van der Waals surface area contributed by atoms with E-state index in [9.17, 15) is 0 Å². The molecule has 0 spiro atoms. The van der Waals surface area contributed by atoms with Crippen LogP contribution >= 0.6 is 11.3 Å². The fourth-order valence-corrected chi connectivity index (χ4v) is 8.39. The van der Waals surface area contributed by atoms with Crippen LogP contribution in [-0.4, -0.2) is 14.4 Å². The fraction of sp³-hybridized carbons (Fsp3) is 0.163. The van der Waals surface area contributed by atoms with Crippen molar-refractivity contribution in [1.82, 2.24) is 14.4 Å². The molecule has 4 heterocycles. The Morgan fingerprint density at radius 3 is 2.38 bits per heavy atom. The summed E-state index contributed by atoms with van der Waals surface area (Å²) in [7, 11) is 0. The molecule has 5 heteroatoms. The van der Waals surface area contributed by atoms with Crippen molar-refractivity contribution in [3.8, 4) is 45.1 Å². The number of nitrogens with zero attached hydrogens (tertiary/aromatic N) is 3. The van der Waals surface area contributed by atoms with Gasteiger partial charge in [0.2, 0.25) is 0 Å². The highest BCUT2D eigenvalue weighted by atomic mass is 32.1. The third-order valence-corrected chi connectivity index (χ3v) is 10.6. The van der Waals surface area contributed by atoms with Gasteiger partial charge in [-0.3, -0.25) is 4.40 Å². The Morgan fingerprint density at radius 2 is 1.50 bits per heavy atom. The Bertz CT molecular complexity index is 2960. The van der Waals surface area contributed by atoms with Gasteiger partial charge in [-0.15, -0.1) is 0 Å². The minimum absolute atomic E-state index is 0.0101. The van der Waals surface area contributed by atoms with Crippen LogP contribution in [0.3, 0.4) is 0 Å². The van der Waals surface area contributed by atoms with E-state index < -0.39 is 26.0 Å². The van der Waals surface area contributed by atoms with Crippen molar-refractivity contribution in [3.05, 3.63) is 137 Å². The molecule has 0 N–H and O–H groups in total. The quantitative estimate of drug-likeness (QED) is 0.191. The van der Waals surface area contributed by atoms with E-state index >= 15 is 0 Å². The van der Waals surface area contributed by atoms with E-state index in [2.05, 4.69) is 10.5 Å². The molecule has 234 valence electrons. The summed E-state index contributed by atoms with van der Waals surface area (Å²) in [5, 5.41) is 0. The van der Waals surface area contributed by atoms with Gasteiger partial charge in [-0.2, -0.15) is 0 Å². The number of fused-ring (bicyclic) bond motifs is 7. The zero-order chi connectivity index (χ0) is 40.4. The van der Waals surface area contributed by atoms with Crippen LogP contribution in [0, 0.1) is 27.6 Å². The van der Waals surface area contributed by atoms with Gasteiger partial charge in [0.05, 0.1) is 32.6 Å². The SMILES string of the molecule is [2H]C([2H])([2H])c1ccc(-c2c(C)ccc3c2sc2nc4ccccc4n23)cc1-c1nc(-c2c(C)ccc3c2Oc2ccccc2C3(C)C([2H])([2H])[2H])ccc1C([2H])([2H])[2H]. The van der Waals surface area contributed by atoms with Crippen molar-refractivity contribution in [2.45, 2.75) is 46.7 Å². The second-order valence-electron chi connectivity index (χ2n) is 12.6. The number of thiazole rings is 1. The largest absolute Gasteiger partial charge is 0.456 e. The Hall–Kier alpha value is -5.26. The predicted octanol–water partition coefficient (Wildman–Crippen LogP) is 11.8. The summed E-state index contributed by atoms with van der Waals surface area (Å²) >= 11 is 1.53. The molecule has 8 aromatic rings. The van der Waals surface area contributed by atoms with Crippen molar-refractivity contribution >= 4 is 37.5 Å². The van der Waals surface area contributed by atoms with Gasteiger partial charge in [-0.1, -0.05) is 91.8 Å². The molecule has 0 saturated heterocycles. The van der Waals surface area contributed by atoms with E-state index in [0.717, 1.165) is 37.3 Å². The van der Waals surface area contributed by atoms with E-state index in [1.54, 1.807) is 61.5 Å². The molecule has 0 bridgehead atoms. The van der Waals surface area contributed by atoms with E-state index in [1.165, 1.54) is 17.4 Å². The van der Waals surface area contributed by atoms with E-state index in [0.29, 0.717) is 45.0 Å². The Balaban J connectivity index is 1.30. The van der Waals surface area contributed by atoms with E-state index in [1.807, 2.05) is 50.2 Å². The van der Waals surface area contributed by atoms with Gasteiger partial charge < -0.3 is 4.74 Å². The number of para-hydroxylation sites is 3. The average molecular weight is 651 g/mol. The first kappa shape index (κ1) is 20.9. The number of hydrogen-bond donors (Lipinski definition) is 0. The molecule has 0 amide bonds. The van der Waals surface area contributed by atoms with Gasteiger partial charge in [0, 0.05) is 45.6 Å². The van der Waals surface area contributed by atoms with Crippen LogP contribution in [-0.2, 0) is 5.41 Å². The molecular formula is C43H35N3OS. The summed E-state index contributed by atoms with van der Waals surface area (Å²) in [5.41, 5.74) is 6.32. The molecule has 0 radical (unpaired) electrons. The van der Waals surface area contributed by atoms with Crippen molar-refractivity contribution in [1.29, 1.82) is 0 Å². The third-order valence-electron chi connectivity index (χ3n) is 9.57. The molecule has 1 aliphatic heterocycles. The van der Waals surface area contributed by atoms with Crippen molar-refractivity contribution < 1.29 is 17.1 Å². The summed E-state index contributed by atoms with van der Waals surface area (Å²) in [6.07, 6.45) is 0. The molecule has 1 unspecified atom stereocenters. The van der Waals surface area contributed by atoms with Gasteiger partial charge in [0.1, 0.15) is 11.5 Å². The van der Waals surface area contributed by atoms with Crippen LogP contribution in [0.15, 0.2) is 103 Å². The number of benzene rings is 5. The third kappa shape index (κ3) is 4.13. The lowest BCUT2D eigenvalue weighted by Gasteiger charge is -2.35. The highest BCUT2D eigenvalue weighted by Crippen LogP contribution is 2.52. The summed E-state index contributed by atoms with van der Waals surface area (Å²) in [5.74, 6) is 0.695. The monoisotopic (exact) mass is 650 g/mol. The Morgan fingerprint density at radius 1 is 0.729 bits per heavy atom. The van der Waals surface area contributed by atoms with E-state index in [4.69, 9.17) is 27.0 Å². The molecule has 4 nitrogen and oxygen atoms in total. The molecular weight excluding hydrogens is 607 g/mol. The van der Waals surface area contributed by atoms with E-state index in [-0.39, 0.29) is 22.4 Å². The van der Waals surface area contributed by atoms with Crippen molar-refractivity contribution in [3.63, 3.8) is 0 Å². The van der Waals surface area contributed by atoms with Crippen molar-refractivity contribution in [2.24, 2.45) is 0 Å². The van der Waals surface area contributed by atoms with Crippen LogP contribution < -0.4 is 4.74 Å². The van der Waals surface area contributed by atoms with Crippen LogP contribution in [0.4, 0.5) is 0 Å². The van der Waals surface area contributed by atoms with Gasteiger partial charge >= 0.3 is 0 Å². The van der Waals surface area contributed by atoms with Gasteiger partial charge in [0.25, 0.3) is 0 Å². The summed E-state index contributed by atoms with van der Waals surface area (Å²) in [6, 6.07) is 30.7. The Kier molecular flexibility index (Phi) is 4.51. The zero-order valence-electron chi connectivity index (χ0n) is 35.5. The minimum Gasteiger partial charge on any atom is -0.456 e. The fourth-order valence-electron chi connectivity index (χ4n) is 7.13. The second-order valence-corrected chi connectivity index (χ2v) is 13.6. The summed E-state index contributed by atoms with van der Waals surface area (Å²) < 4.78 is 87.2. The van der Waals surface area contributed by atoms with Crippen LogP contribution in [0.25, 0.3) is 59.9 Å². The highest BCUT2D eigenvalue weighted by Gasteiger charge is 2.36. The van der Waals surface area contributed by atoms with Crippen LogP contribution in [0.2, 0.25) is 0 Å². The van der Waals surface area contributed by atoms with Crippen LogP contribution in [0.1, 0.15) is 59.5 Å². The first-order valence-corrected chi connectivity index (χ1v) is 16.6. The molecule has 0 aliphatic carbocycles. The lowest BCUT2D eigenvalue weighted by atomic mass is 9.74. The summed E-state index contributed by atoms with van der Waals surface area (Å²) in [6.45, 7) is -2.24. The molecule has 1 aliphatic rings. The van der Waals surface area contributed by atoms with Crippen molar-refractivity contribution in [2.75, 3.05) is 0 Å². The molecule has 48 heavy (non-hydrogen) atoms. The maximum Gasteiger partial charge on any atom is 0.195 e. The van der Waals surface area contributed by atoms with Gasteiger partial charge in [-0.05, 0) is 91.8 Å². The lowest BCUT2D eigenvalue weighted by Crippen LogP contribution is -2.24. The number of ether oxygens (including phenoxy) is 1. The molecule has 9 rings (SSSR count). The first-order valence-electron chi connectivity index (χ1n) is 20.3. The maximum atomic E-state index is 8.70. The summed E-state index contributed by atoms with van der Waals surface area (Å²) in [4.78, 5) is 10.7. The molecule has 0 saturated carbocycles. The number of aryl methyl sites for hydroxylation is 4. The standard InChI is InChI=1S/C43H35N3OS/c1-24-15-19-28(37-25(2)18-22-35-41(37)48-42-45-32-12-8-9-13-34(32)46(35)42)23-29(24)39-27(4)17-21-33(44-39)38-26(3)16-20-31-40(38)47-36-14-10-7-11-30(36)43(31,5)6/h7-23H,1-6H3/i1D3,4D3,5D3. The van der Waals surface area contributed by atoms with Gasteiger partial charge in [-0.25, -0.2) is 9.97 Å². The predicted molar refractivity (Wildman–Crippen MR) is 200 cm³/mol. The lowest BCUT2D eigenvalue weighted by molar-refractivity contribution is 0.419. The number of rotatable bonds is 3. The number of hydrogen-bond acceptors (Lipinski definition) is 4. The zero-order valence-corrected chi connectivity index (χ0v) is 27.3. The number of imidazole rings is 1. The smallest absolute Gasteiger partial charge is 0.195 e.